The van der Waals surface area contributed by atoms with Gasteiger partial charge >= 0.3 is 0 Å². The first-order valence-corrected chi connectivity index (χ1v) is 10.4. The molecule has 1 fully saturated rings. The van der Waals surface area contributed by atoms with Crippen LogP contribution in [0.4, 0.5) is 11.5 Å². The number of rotatable bonds is 5. The Kier molecular flexibility index (Phi) is 5.18. The molecule has 1 amide bonds. The number of furan rings is 1. The van der Waals surface area contributed by atoms with E-state index in [9.17, 15) is 4.79 Å². The monoisotopic (exact) mass is 416 g/mol. The molecule has 0 spiro atoms. The van der Waals surface area contributed by atoms with Crippen molar-refractivity contribution in [1.29, 1.82) is 0 Å². The van der Waals surface area contributed by atoms with Crippen LogP contribution in [0.3, 0.4) is 0 Å². The Bertz CT molecular complexity index is 1210. The van der Waals surface area contributed by atoms with E-state index < -0.39 is 0 Å². The van der Waals surface area contributed by atoms with Crippen molar-refractivity contribution in [2.24, 2.45) is 0 Å². The molecule has 5 rings (SSSR count). The fourth-order valence-corrected chi connectivity index (χ4v) is 4.09. The first-order valence-electron chi connectivity index (χ1n) is 10.4. The molecule has 0 radical (unpaired) electrons. The fraction of sp³-hybridized carbons (Fsp3) is 0.250. The van der Waals surface area contributed by atoms with Gasteiger partial charge in [-0.05, 0) is 24.3 Å². The zero-order valence-electron chi connectivity index (χ0n) is 17.4. The molecule has 0 unspecified atom stereocenters. The number of benzene rings is 2. The van der Waals surface area contributed by atoms with E-state index in [1.807, 2.05) is 54.6 Å². The lowest BCUT2D eigenvalue weighted by atomic mass is 10.1. The van der Waals surface area contributed by atoms with Crippen LogP contribution >= 0.6 is 0 Å². The van der Waals surface area contributed by atoms with E-state index in [2.05, 4.69) is 20.1 Å². The molecule has 7 heteroatoms. The van der Waals surface area contributed by atoms with Crippen LogP contribution in [0.5, 0.6) is 5.75 Å². The number of hydrogen-bond acceptors (Lipinski definition) is 6. The Hall–Kier alpha value is -3.58. The van der Waals surface area contributed by atoms with E-state index in [1.54, 1.807) is 13.3 Å². The molecule has 1 saturated heterocycles. The second kappa shape index (κ2) is 8.28. The van der Waals surface area contributed by atoms with E-state index in [4.69, 9.17) is 9.15 Å². The van der Waals surface area contributed by atoms with Crippen LogP contribution in [-0.2, 0) is 4.79 Å². The summed E-state index contributed by atoms with van der Waals surface area (Å²) in [6.07, 6.45) is 1.81. The minimum Gasteiger partial charge on any atom is -0.495 e. The quantitative estimate of drug-likeness (QED) is 0.534. The molecule has 2 aromatic heterocycles. The molecule has 158 valence electrons. The number of methoxy groups -OCH3 is 1. The zero-order chi connectivity index (χ0) is 21.2. The largest absolute Gasteiger partial charge is 0.495 e. The molecule has 4 aromatic rings. The average molecular weight is 416 g/mol. The summed E-state index contributed by atoms with van der Waals surface area (Å²) < 4.78 is 11.5. The van der Waals surface area contributed by atoms with Gasteiger partial charge in [-0.3, -0.25) is 9.69 Å². The Morgan fingerprint density at radius 2 is 1.84 bits per heavy atom. The van der Waals surface area contributed by atoms with Crippen LogP contribution in [0, 0.1) is 0 Å². The number of anilines is 2. The fourth-order valence-electron chi connectivity index (χ4n) is 4.09. The molecule has 1 aliphatic rings. The number of nitrogens with zero attached hydrogens (tertiary/aromatic N) is 3. The van der Waals surface area contributed by atoms with Gasteiger partial charge in [-0.15, -0.1) is 0 Å². The van der Waals surface area contributed by atoms with Gasteiger partial charge < -0.3 is 19.4 Å². The lowest BCUT2D eigenvalue weighted by Crippen LogP contribution is -2.48. The number of amides is 1. The highest BCUT2D eigenvalue weighted by Crippen LogP contribution is 2.36. The number of pyridine rings is 1. The second-order valence-corrected chi connectivity index (χ2v) is 7.65. The maximum Gasteiger partial charge on any atom is 0.238 e. The number of fused-ring (bicyclic) bond motifs is 3. The summed E-state index contributed by atoms with van der Waals surface area (Å²) >= 11 is 0. The van der Waals surface area contributed by atoms with Gasteiger partial charge in [0.05, 0.1) is 19.3 Å². The summed E-state index contributed by atoms with van der Waals surface area (Å²) in [5.74, 6) is 1.53. The van der Waals surface area contributed by atoms with Gasteiger partial charge in [0.1, 0.15) is 22.7 Å². The van der Waals surface area contributed by atoms with Crippen LogP contribution in [-0.4, -0.2) is 55.6 Å². The summed E-state index contributed by atoms with van der Waals surface area (Å²) in [7, 11) is 1.61. The highest BCUT2D eigenvalue weighted by Gasteiger charge is 2.21. The number of ether oxygens (including phenoxy) is 1. The van der Waals surface area contributed by atoms with E-state index in [0.29, 0.717) is 18.0 Å². The molecule has 2 aromatic carbocycles. The smallest absolute Gasteiger partial charge is 0.238 e. The van der Waals surface area contributed by atoms with Crippen molar-refractivity contribution >= 4 is 39.4 Å². The van der Waals surface area contributed by atoms with Crippen LogP contribution < -0.4 is 15.0 Å². The van der Waals surface area contributed by atoms with Crippen molar-refractivity contribution in [3.05, 3.63) is 60.8 Å². The summed E-state index contributed by atoms with van der Waals surface area (Å²) in [6.45, 7) is 3.64. The third-order valence-electron chi connectivity index (χ3n) is 5.69. The molecule has 0 atom stereocenters. The number of piperazine rings is 1. The molecule has 31 heavy (non-hydrogen) atoms. The number of para-hydroxylation sites is 1. The number of nitrogens with one attached hydrogen (secondary N) is 1. The third-order valence-corrected chi connectivity index (χ3v) is 5.69. The minimum absolute atomic E-state index is 0.0694. The van der Waals surface area contributed by atoms with E-state index in [-0.39, 0.29) is 5.91 Å². The van der Waals surface area contributed by atoms with Crippen molar-refractivity contribution in [2.75, 3.05) is 50.1 Å². The van der Waals surface area contributed by atoms with Crippen molar-refractivity contribution < 1.29 is 13.9 Å². The highest BCUT2D eigenvalue weighted by atomic mass is 16.5. The van der Waals surface area contributed by atoms with Crippen molar-refractivity contribution in [3.63, 3.8) is 0 Å². The first-order chi connectivity index (χ1) is 15.2. The number of carbonyl (C=O) groups excluding carboxylic acids is 1. The average Bonchev–Trinajstić information content (AvgIpc) is 3.17. The van der Waals surface area contributed by atoms with E-state index in [1.165, 1.54) is 0 Å². The van der Waals surface area contributed by atoms with Crippen LogP contribution in [0.15, 0.2) is 65.2 Å². The standard InChI is InChI=1S/C24H24N4O3/c1-30-22-14-18-17-6-2-3-7-20(17)31-21(18)15-19(22)26-24(29)16-27-10-12-28(13-11-27)23-8-4-5-9-25-23/h2-9,14-15H,10-13,16H2,1H3,(H,26,29). The number of aromatic nitrogens is 1. The molecule has 7 nitrogen and oxygen atoms in total. The second-order valence-electron chi connectivity index (χ2n) is 7.65. The van der Waals surface area contributed by atoms with Gasteiger partial charge in [0.25, 0.3) is 0 Å². The number of hydrogen-bond donors (Lipinski definition) is 1. The highest BCUT2D eigenvalue weighted by molar-refractivity contribution is 6.07. The van der Waals surface area contributed by atoms with Crippen molar-refractivity contribution in [2.45, 2.75) is 0 Å². The molecule has 1 N–H and O–H groups in total. The normalized spacial score (nSPS) is 14.8. The lowest BCUT2D eigenvalue weighted by Gasteiger charge is -2.34. The Balaban J connectivity index is 1.26. The summed E-state index contributed by atoms with van der Waals surface area (Å²) in [4.78, 5) is 21.5. The van der Waals surface area contributed by atoms with Crippen LogP contribution in [0.2, 0.25) is 0 Å². The van der Waals surface area contributed by atoms with Gasteiger partial charge in [0.2, 0.25) is 5.91 Å². The summed E-state index contributed by atoms with van der Waals surface area (Å²) in [5, 5.41) is 4.99. The molecular weight excluding hydrogens is 392 g/mol. The van der Waals surface area contributed by atoms with Gasteiger partial charge in [-0.1, -0.05) is 24.3 Å². The van der Waals surface area contributed by atoms with Crippen LogP contribution in [0.25, 0.3) is 21.9 Å². The summed E-state index contributed by atoms with van der Waals surface area (Å²) in [5.41, 5.74) is 2.15. The lowest BCUT2D eigenvalue weighted by molar-refractivity contribution is -0.117. The van der Waals surface area contributed by atoms with Crippen LogP contribution in [0.1, 0.15) is 0 Å². The Morgan fingerprint density at radius 3 is 2.61 bits per heavy atom. The zero-order valence-corrected chi connectivity index (χ0v) is 17.4. The third kappa shape index (κ3) is 3.92. The first kappa shape index (κ1) is 19.4. The van der Waals surface area contributed by atoms with Gasteiger partial charge in [-0.25, -0.2) is 4.98 Å². The summed E-state index contributed by atoms with van der Waals surface area (Å²) in [6, 6.07) is 17.6. The predicted octanol–water partition coefficient (Wildman–Crippen LogP) is 3.75. The Morgan fingerprint density at radius 1 is 1.03 bits per heavy atom. The molecule has 0 bridgehead atoms. The van der Waals surface area contributed by atoms with E-state index in [0.717, 1.165) is 53.9 Å². The molecular formula is C24H24N4O3. The SMILES string of the molecule is COc1cc2c(cc1NC(=O)CN1CCN(c3ccccn3)CC1)oc1ccccc12. The topological polar surface area (TPSA) is 70.8 Å². The van der Waals surface area contributed by atoms with Crippen molar-refractivity contribution in [3.8, 4) is 5.75 Å². The van der Waals surface area contributed by atoms with Gasteiger partial charge in [0.15, 0.2) is 0 Å². The molecule has 0 saturated carbocycles. The molecule has 0 aliphatic carbocycles. The maximum atomic E-state index is 12.7. The van der Waals surface area contributed by atoms with Crippen molar-refractivity contribution in [1.82, 2.24) is 9.88 Å². The van der Waals surface area contributed by atoms with Gasteiger partial charge in [0, 0.05) is 49.2 Å². The molecule has 3 heterocycles. The number of carbonyl (C=O) groups is 1. The maximum absolute atomic E-state index is 12.7. The Labute approximate surface area is 180 Å². The minimum atomic E-state index is -0.0694. The predicted molar refractivity (Wildman–Crippen MR) is 122 cm³/mol. The molecule has 1 aliphatic heterocycles. The van der Waals surface area contributed by atoms with E-state index >= 15 is 0 Å². The van der Waals surface area contributed by atoms with Gasteiger partial charge in [-0.2, -0.15) is 0 Å².